The molecule has 1 atom stereocenters. The molecule has 0 radical (unpaired) electrons. The van der Waals surface area contributed by atoms with Crippen LogP contribution < -0.4 is 0 Å². The number of hydrogen-bond acceptors (Lipinski definition) is 4. The van der Waals surface area contributed by atoms with E-state index in [1.807, 2.05) is 11.0 Å². The van der Waals surface area contributed by atoms with Gasteiger partial charge in [0.15, 0.2) is 5.69 Å². The zero-order chi connectivity index (χ0) is 17.2. The summed E-state index contributed by atoms with van der Waals surface area (Å²) < 4.78 is 14.8. The van der Waals surface area contributed by atoms with Crippen molar-refractivity contribution in [1.82, 2.24) is 24.8 Å². The summed E-state index contributed by atoms with van der Waals surface area (Å²) in [5, 5.41) is 8.01. The highest BCUT2D eigenvalue weighted by atomic mass is 19.1. The molecule has 0 saturated carbocycles. The Bertz CT molecular complexity index is 794. The molecule has 4 rings (SSSR count). The van der Waals surface area contributed by atoms with E-state index in [4.69, 9.17) is 0 Å². The van der Waals surface area contributed by atoms with E-state index in [2.05, 4.69) is 27.4 Å². The van der Waals surface area contributed by atoms with Crippen LogP contribution in [0.25, 0.3) is 0 Å². The number of amides is 1. The van der Waals surface area contributed by atoms with Gasteiger partial charge in [-0.15, -0.1) is 5.10 Å². The molecule has 3 heterocycles. The first-order valence-corrected chi connectivity index (χ1v) is 8.52. The van der Waals surface area contributed by atoms with E-state index in [1.165, 1.54) is 12.1 Å². The molecule has 1 amide bonds. The van der Waals surface area contributed by atoms with Crippen LogP contribution in [0.15, 0.2) is 42.6 Å². The average molecular weight is 341 g/mol. The molecular weight excluding hydrogens is 321 g/mol. The van der Waals surface area contributed by atoms with Crippen LogP contribution in [-0.2, 0) is 6.54 Å². The number of carbonyl (C=O) groups is 1. The van der Waals surface area contributed by atoms with Crippen LogP contribution >= 0.6 is 0 Å². The Kier molecular flexibility index (Phi) is 4.31. The lowest BCUT2D eigenvalue weighted by Crippen LogP contribution is -2.37. The Morgan fingerprint density at radius 3 is 2.92 bits per heavy atom. The van der Waals surface area contributed by atoms with Crippen molar-refractivity contribution in [1.29, 1.82) is 0 Å². The van der Waals surface area contributed by atoms with Crippen LogP contribution in [0.3, 0.4) is 0 Å². The van der Waals surface area contributed by atoms with Gasteiger partial charge in [0.05, 0.1) is 12.7 Å². The highest BCUT2D eigenvalue weighted by Gasteiger charge is 2.31. The first-order valence-electron chi connectivity index (χ1n) is 8.52. The second-order valence-corrected chi connectivity index (χ2v) is 6.55. The zero-order valence-electron chi connectivity index (χ0n) is 13.9. The largest absolute Gasteiger partial charge is 0.336 e. The van der Waals surface area contributed by atoms with Crippen LogP contribution in [0.5, 0.6) is 0 Å². The van der Waals surface area contributed by atoms with Gasteiger partial charge in [0.2, 0.25) is 0 Å². The van der Waals surface area contributed by atoms with Crippen molar-refractivity contribution in [3.8, 4) is 0 Å². The van der Waals surface area contributed by atoms with Gasteiger partial charge in [-0.2, -0.15) is 0 Å². The van der Waals surface area contributed by atoms with Gasteiger partial charge in [-0.3, -0.25) is 9.69 Å². The normalized spacial score (nSPS) is 20.5. The number of likely N-dealkylation sites (tertiary alicyclic amines) is 1. The molecule has 2 aliphatic rings. The Morgan fingerprint density at radius 2 is 2.12 bits per heavy atom. The first-order chi connectivity index (χ1) is 12.2. The van der Waals surface area contributed by atoms with Crippen LogP contribution in [0.2, 0.25) is 0 Å². The summed E-state index contributed by atoms with van der Waals surface area (Å²) in [6.45, 7) is 3.81. The Labute approximate surface area is 145 Å². The minimum Gasteiger partial charge on any atom is -0.336 e. The number of rotatable bonds is 4. The molecule has 6 nitrogen and oxygen atoms in total. The van der Waals surface area contributed by atoms with Crippen molar-refractivity contribution < 1.29 is 9.18 Å². The molecule has 1 fully saturated rings. The summed E-state index contributed by atoms with van der Waals surface area (Å²) in [7, 11) is 0. The Morgan fingerprint density at radius 1 is 1.28 bits per heavy atom. The quantitative estimate of drug-likeness (QED) is 0.792. The molecular formula is C18H20FN5O. The molecule has 7 heteroatoms. The smallest absolute Gasteiger partial charge is 0.276 e. The number of benzene rings is 1. The average Bonchev–Trinajstić information content (AvgIpc) is 3.35. The van der Waals surface area contributed by atoms with E-state index < -0.39 is 0 Å². The molecule has 25 heavy (non-hydrogen) atoms. The fourth-order valence-electron chi connectivity index (χ4n) is 3.47. The van der Waals surface area contributed by atoms with E-state index in [1.54, 1.807) is 16.9 Å². The maximum Gasteiger partial charge on any atom is 0.276 e. The topological polar surface area (TPSA) is 54.3 Å². The van der Waals surface area contributed by atoms with Gasteiger partial charge in [-0.1, -0.05) is 29.5 Å². The van der Waals surface area contributed by atoms with Gasteiger partial charge >= 0.3 is 0 Å². The molecule has 1 saturated heterocycles. The Hall–Kier alpha value is -2.54. The maximum absolute atomic E-state index is 13.3. The number of hydrogen-bond donors (Lipinski definition) is 0. The highest BCUT2D eigenvalue weighted by molar-refractivity contribution is 5.92. The van der Waals surface area contributed by atoms with Crippen molar-refractivity contribution in [2.75, 3.05) is 26.2 Å². The summed E-state index contributed by atoms with van der Waals surface area (Å²) in [6.07, 6.45) is 6.97. The molecule has 0 bridgehead atoms. The van der Waals surface area contributed by atoms with Crippen molar-refractivity contribution in [2.45, 2.75) is 19.0 Å². The number of halogens is 1. The Balaban J connectivity index is 1.39. The second kappa shape index (κ2) is 6.76. The maximum atomic E-state index is 13.3. The molecule has 1 aromatic carbocycles. The van der Waals surface area contributed by atoms with Crippen molar-refractivity contribution in [2.24, 2.45) is 0 Å². The van der Waals surface area contributed by atoms with Crippen LogP contribution in [0.1, 0.15) is 22.5 Å². The molecule has 2 aliphatic heterocycles. The second-order valence-electron chi connectivity index (χ2n) is 6.55. The monoisotopic (exact) mass is 341 g/mol. The SMILES string of the molecule is O=C(c1cn(Cc2cccc(F)c2)nn1)N1CC[C@@H](N2CC=CC2)C1. The third-order valence-electron chi connectivity index (χ3n) is 4.80. The van der Waals surface area contributed by atoms with Crippen LogP contribution in [0, 0.1) is 5.82 Å². The third-order valence-corrected chi connectivity index (χ3v) is 4.80. The molecule has 1 aromatic heterocycles. The van der Waals surface area contributed by atoms with E-state index in [0.29, 0.717) is 18.3 Å². The van der Waals surface area contributed by atoms with Gasteiger partial charge in [0.25, 0.3) is 5.91 Å². The first kappa shape index (κ1) is 16.0. The predicted octanol–water partition coefficient (Wildman–Crippen LogP) is 1.55. The number of carbonyl (C=O) groups excluding carboxylic acids is 1. The van der Waals surface area contributed by atoms with Gasteiger partial charge in [-0.05, 0) is 24.1 Å². The van der Waals surface area contributed by atoms with Crippen LogP contribution in [0.4, 0.5) is 4.39 Å². The van der Waals surface area contributed by atoms with Gasteiger partial charge in [0, 0.05) is 32.2 Å². The molecule has 2 aromatic rings. The fourth-order valence-corrected chi connectivity index (χ4v) is 3.47. The molecule has 130 valence electrons. The summed E-state index contributed by atoms with van der Waals surface area (Å²) in [4.78, 5) is 16.9. The van der Waals surface area contributed by atoms with Crippen LogP contribution in [-0.4, -0.2) is 62.9 Å². The van der Waals surface area contributed by atoms with E-state index in [0.717, 1.165) is 38.2 Å². The minimum absolute atomic E-state index is 0.0832. The van der Waals surface area contributed by atoms with E-state index in [-0.39, 0.29) is 11.7 Å². The van der Waals surface area contributed by atoms with Crippen molar-refractivity contribution in [3.63, 3.8) is 0 Å². The highest BCUT2D eigenvalue weighted by Crippen LogP contribution is 2.19. The van der Waals surface area contributed by atoms with Gasteiger partial charge in [0.1, 0.15) is 5.82 Å². The fraction of sp³-hybridized carbons (Fsp3) is 0.389. The lowest BCUT2D eigenvalue weighted by atomic mass is 10.2. The summed E-state index contributed by atoms with van der Waals surface area (Å²) in [5.74, 6) is -0.367. The number of aromatic nitrogens is 3. The minimum atomic E-state index is -0.284. The lowest BCUT2D eigenvalue weighted by Gasteiger charge is -2.23. The molecule has 0 unspecified atom stereocenters. The number of nitrogens with zero attached hydrogens (tertiary/aromatic N) is 5. The predicted molar refractivity (Wildman–Crippen MR) is 90.5 cm³/mol. The lowest BCUT2D eigenvalue weighted by molar-refractivity contribution is 0.0775. The van der Waals surface area contributed by atoms with E-state index in [9.17, 15) is 9.18 Å². The summed E-state index contributed by atoms with van der Waals surface area (Å²) >= 11 is 0. The third kappa shape index (κ3) is 3.46. The summed E-state index contributed by atoms with van der Waals surface area (Å²) in [6, 6.07) is 6.76. The molecule has 0 N–H and O–H groups in total. The zero-order valence-corrected chi connectivity index (χ0v) is 13.9. The molecule has 0 aliphatic carbocycles. The van der Waals surface area contributed by atoms with Gasteiger partial charge < -0.3 is 4.90 Å². The summed E-state index contributed by atoms with van der Waals surface area (Å²) in [5.41, 5.74) is 1.13. The molecule has 0 spiro atoms. The van der Waals surface area contributed by atoms with E-state index >= 15 is 0 Å². The van der Waals surface area contributed by atoms with Crippen molar-refractivity contribution in [3.05, 3.63) is 59.7 Å². The van der Waals surface area contributed by atoms with Crippen molar-refractivity contribution >= 4 is 5.91 Å². The van der Waals surface area contributed by atoms with Gasteiger partial charge in [-0.25, -0.2) is 9.07 Å². The standard InChI is InChI=1S/C18H20FN5O/c19-15-5-3-4-14(10-15)11-24-13-17(20-21-24)18(25)23-9-6-16(12-23)22-7-1-2-8-22/h1-5,10,13,16H,6-9,11-12H2/t16-/m1/s1.